The second-order valence-electron chi connectivity index (χ2n) is 4.26. The van der Waals surface area contributed by atoms with Gasteiger partial charge in [-0.15, -0.1) is 0 Å². The molecule has 0 aliphatic heterocycles. The predicted octanol–water partition coefficient (Wildman–Crippen LogP) is -0.600. The number of nitrogens with one attached hydrogen (secondary N) is 1. The molecule has 4 N–H and O–H groups in total. The Kier molecular flexibility index (Phi) is 7.49. The third-order valence-corrected chi connectivity index (χ3v) is 2.08. The largest absolute Gasteiger partial charge is 0.464 e. The fourth-order valence-corrected chi connectivity index (χ4v) is 1.29. The van der Waals surface area contributed by atoms with Gasteiger partial charge in [-0.25, -0.2) is 4.79 Å². The van der Waals surface area contributed by atoms with Gasteiger partial charge < -0.3 is 20.9 Å². The van der Waals surface area contributed by atoms with E-state index in [1.165, 1.54) is 0 Å². The Balaban J connectivity index is 3.96. The zero-order chi connectivity index (χ0) is 13.4. The minimum atomic E-state index is -1.33. The number of hydrogen-bond donors (Lipinski definition) is 3. The minimum Gasteiger partial charge on any atom is -0.464 e. The van der Waals surface area contributed by atoms with Gasteiger partial charge in [0.15, 0.2) is 6.04 Å². The van der Waals surface area contributed by atoms with Gasteiger partial charge in [0, 0.05) is 6.54 Å². The van der Waals surface area contributed by atoms with Crippen molar-refractivity contribution in [2.75, 3.05) is 13.2 Å². The van der Waals surface area contributed by atoms with Crippen molar-refractivity contribution in [2.45, 2.75) is 39.3 Å². The average Bonchev–Trinajstić information content (AvgIpc) is 2.24. The van der Waals surface area contributed by atoms with Crippen molar-refractivity contribution in [1.29, 1.82) is 0 Å². The van der Waals surface area contributed by atoms with Gasteiger partial charge in [-0.3, -0.25) is 4.79 Å². The average molecular weight is 246 g/mol. The molecule has 17 heavy (non-hydrogen) atoms. The molecule has 6 nitrogen and oxygen atoms in total. The van der Waals surface area contributed by atoms with E-state index in [1.54, 1.807) is 6.92 Å². The normalized spacial score (nSPS) is 14.2. The zero-order valence-electron chi connectivity index (χ0n) is 10.6. The number of carbonyl (C=O) groups excluding carboxylic acids is 2. The van der Waals surface area contributed by atoms with E-state index < -0.39 is 24.0 Å². The van der Waals surface area contributed by atoms with Crippen LogP contribution in [0.25, 0.3) is 0 Å². The number of hydrogen-bond acceptors (Lipinski definition) is 5. The van der Waals surface area contributed by atoms with Crippen molar-refractivity contribution in [2.24, 2.45) is 11.7 Å². The molecular formula is C11H22N2O4. The van der Waals surface area contributed by atoms with Crippen LogP contribution in [0.4, 0.5) is 0 Å². The van der Waals surface area contributed by atoms with Crippen LogP contribution in [0.2, 0.25) is 0 Å². The molecule has 0 aromatic heterocycles. The molecule has 0 spiro atoms. The van der Waals surface area contributed by atoms with Crippen LogP contribution < -0.4 is 11.1 Å². The second-order valence-corrected chi connectivity index (χ2v) is 4.26. The van der Waals surface area contributed by atoms with Gasteiger partial charge in [-0.2, -0.15) is 0 Å². The summed E-state index contributed by atoms with van der Waals surface area (Å²) in [5.41, 5.74) is 5.37. The summed E-state index contributed by atoms with van der Waals surface area (Å²) in [6.07, 6.45) is -0.0529. The van der Waals surface area contributed by atoms with Crippen molar-refractivity contribution >= 4 is 11.9 Å². The molecule has 100 valence electrons. The molecule has 0 bridgehead atoms. The van der Waals surface area contributed by atoms with Crippen LogP contribution in [0.3, 0.4) is 0 Å². The molecule has 0 aliphatic rings. The standard InChI is InChI=1S/C11H22N2O4/c1-4-17-11(16)9(12)10(15)13-6-8(14)5-7(2)3/h7-9,14H,4-6,12H2,1-3H3,(H,13,15). The van der Waals surface area contributed by atoms with Crippen LogP contribution in [0, 0.1) is 5.92 Å². The third kappa shape index (κ3) is 6.91. The van der Waals surface area contributed by atoms with Crippen LogP contribution in [-0.2, 0) is 14.3 Å². The maximum Gasteiger partial charge on any atom is 0.332 e. The van der Waals surface area contributed by atoms with Crippen LogP contribution in [0.1, 0.15) is 27.2 Å². The van der Waals surface area contributed by atoms with E-state index in [9.17, 15) is 14.7 Å². The minimum absolute atomic E-state index is 0.0874. The maximum absolute atomic E-state index is 11.4. The Morgan fingerprint density at radius 2 is 2.00 bits per heavy atom. The molecule has 0 saturated heterocycles. The Morgan fingerprint density at radius 3 is 2.47 bits per heavy atom. The summed E-state index contributed by atoms with van der Waals surface area (Å²) in [5, 5.41) is 11.9. The Labute approximate surface area is 102 Å². The Bertz CT molecular complexity index is 256. The lowest BCUT2D eigenvalue weighted by molar-refractivity contribution is -0.148. The molecule has 0 saturated carbocycles. The lowest BCUT2D eigenvalue weighted by Gasteiger charge is -2.15. The molecule has 2 atom stereocenters. The highest BCUT2D eigenvalue weighted by molar-refractivity contribution is 6.01. The lowest BCUT2D eigenvalue weighted by atomic mass is 10.1. The summed E-state index contributed by atoms with van der Waals surface area (Å²) < 4.78 is 4.61. The van der Waals surface area contributed by atoms with Crippen LogP contribution in [0.15, 0.2) is 0 Å². The molecule has 0 aromatic rings. The van der Waals surface area contributed by atoms with Crippen molar-refractivity contribution in [1.82, 2.24) is 5.32 Å². The van der Waals surface area contributed by atoms with E-state index in [1.807, 2.05) is 13.8 Å². The molecular weight excluding hydrogens is 224 g/mol. The summed E-state index contributed by atoms with van der Waals surface area (Å²) in [6, 6.07) is -1.33. The second kappa shape index (κ2) is 8.03. The predicted molar refractivity (Wildman–Crippen MR) is 63.1 cm³/mol. The molecule has 0 heterocycles. The van der Waals surface area contributed by atoms with Gasteiger partial charge >= 0.3 is 5.97 Å². The summed E-state index contributed by atoms with van der Waals surface area (Å²) in [7, 11) is 0. The van der Waals surface area contributed by atoms with Crippen molar-refractivity contribution in [3.8, 4) is 0 Å². The van der Waals surface area contributed by atoms with Crippen molar-refractivity contribution in [3.05, 3.63) is 0 Å². The highest BCUT2D eigenvalue weighted by atomic mass is 16.5. The number of rotatable bonds is 7. The highest BCUT2D eigenvalue weighted by Gasteiger charge is 2.23. The molecule has 1 amide bonds. The van der Waals surface area contributed by atoms with E-state index >= 15 is 0 Å². The van der Waals surface area contributed by atoms with E-state index in [-0.39, 0.29) is 13.2 Å². The number of nitrogens with two attached hydrogens (primary N) is 1. The molecule has 0 aliphatic carbocycles. The van der Waals surface area contributed by atoms with E-state index in [0.717, 1.165) is 0 Å². The number of esters is 1. The molecule has 0 aromatic carbocycles. The molecule has 0 radical (unpaired) electrons. The first-order valence-corrected chi connectivity index (χ1v) is 5.76. The fraction of sp³-hybridized carbons (Fsp3) is 0.818. The number of ether oxygens (including phenoxy) is 1. The van der Waals surface area contributed by atoms with Gasteiger partial charge in [0.2, 0.25) is 5.91 Å². The molecule has 0 rings (SSSR count). The maximum atomic E-state index is 11.4. The topological polar surface area (TPSA) is 102 Å². The monoisotopic (exact) mass is 246 g/mol. The zero-order valence-corrected chi connectivity index (χ0v) is 10.6. The lowest BCUT2D eigenvalue weighted by Crippen LogP contribution is -2.48. The summed E-state index contributed by atoms with van der Waals surface area (Å²) in [6.45, 7) is 5.83. The van der Waals surface area contributed by atoms with Crippen LogP contribution in [-0.4, -0.2) is 42.3 Å². The van der Waals surface area contributed by atoms with Gasteiger partial charge in [-0.05, 0) is 19.3 Å². The molecule has 6 heteroatoms. The van der Waals surface area contributed by atoms with Crippen LogP contribution >= 0.6 is 0 Å². The van der Waals surface area contributed by atoms with E-state index in [4.69, 9.17) is 5.73 Å². The van der Waals surface area contributed by atoms with Crippen LogP contribution in [0.5, 0.6) is 0 Å². The van der Waals surface area contributed by atoms with E-state index in [0.29, 0.717) is 12.3 Å². The van der Waals surface area contributed by atoms with Crippen molar-refractivity contribution in [3.63, 3.8) is 0 Å². The molecule has 2 unspecified atom stereocenters. The van der Waals surface area contributed by atoms with Gasteiger partial charge in [-0.1, -0.05) is 13.8 Å². The quantitative estimate of drug-likeness (QED) is 0.411. The number of aliphatic hydroxyl groups excluding tert-OH is 1. The summed E-state index contributed by atoms with van der Waals surface area (Å²) in [5.74, 6) is -1.06. The van der Waals surface area contributed by atoms with Gasteiger partial charge in [0.1, 0.15) is 0 Å². The van der Waals surface area contributed by atoms with Crippen molar-refractivity contribution < 1.29 is 19.4 Å². The number of amides is 1. The van der Waals surface area contributed by atoms with E-state index in [2.05, 4.69) is 10.1 Å². The highest BCUT2D eigenvalue weighted by Crippen LogP contribution is 2.03. The van der Waals surface area contributed by atoms with Gasteiger partial charge in [0.05, 0.1) is 12.7 Å². The summed E-state index contributed by atoms with van der Waals surface area (Å²) in [4.78, 5) is 22.5. The Hall–Kier alpha value is -1.14. The Morgan fingerprint density at radius 1 is 1.41 bits per heavy atom. The summed E-state index contributed by atoms with van der Waals surface area (Å²) >= 11 is 0. The first kappa shape index (κ1) is 15.9. The SMILES string of the molecule is CCOC(=O)C(N)C(=O)NCC(O)CC(C)C. The smallest absolute Gasteiger partial charge is 0.332 e. The number of carbonyl (C=O) groups is 2. The number of aliphatic hydroxyl groups is 1. The first-order valence-electron chi connectivity index (χ1n) is 5.76. The first-order chi connectivity index (χ1) is 7.88. The fourth-order valence-electron chi connectivity index (χ4n) is 1.29. The molecule has 0 fully saturated rings. The van der Waals surface area contributed by atoms with Gasteiger partial charge in [0.25, 0.3) is 0 Å². The third-order valence-electron chi connectivity index (χ3n) is 2.08.